The number of aryl methyl sites for hydroxylation is 1. The van der Waals surface area contributed by atoms with Crippen LogP contribution < -0.4 is 0 Å². The maximum absolute atomic E-state index is 5.98. The third-order valence-electron chi connectivity index (χ3n) is 3.20. The van der Waals surface area contributed by atoms with Crippen molar-refractivity contribution < 1.29 is 0 Å². The van der Waals surface area contributed by atoms with E-state index in [2.05, 4.69) is 41.4 Å². The Morgan fingerprint density at radius 2 is 1.89 bits per heavy atom. The molecule has 2 nitrogen and oxygen atoms in total. The van der Waals surface area contributed by atoms with Crippen molar-refractivity contribution in [3.8, 4) is 11.3 Å². The zero-order valence-electron chi connectivity index (χ0n) is 11.0. The van der Waals surface area contributed by atoms with Crippen LogP contribution in [-0.4, -0.2) is 10.2 Å². The molecule has 0 unspecified atom stereocenters. The summed E-state index contributed by atoms with van der Waals surface area (Å²) in [7, 11) is 0. The second-order valence-corrected chi connectivity index (χ2v) is 4.90. The van der Waals surface area contributed by atoms with E-state index in [1.165, 1.54) is 5.56 Å². The lowest BCUT2D eigenvalue weighted by atomic mass is 10.0. The quantitative estimate of drug-likeness (QED) is 0.819. The fourth-order valence-electron chi connectivity index (χ4n) is 2.01. The number of hydrogen-bond acceptors (Lipinski definition) is 2. The van der Waals surface area contributed by atoms with Crippen LogP contribution in [0.4, 0.5) is 0 Å². The molecule has 0 aliphatic rings. The van der Waals surface area contributed by atoms with Gasteiger partial charge >= 0.3 is 0 Å². The van der Waals surface area contributed by atoms with Gasteiger partial charge < -0.3 is 0 Å². The lowest BCUT2D eigenvalue weighted by molar-refractivity contribution is 0.921. The molecule has 0 radical (unpaired) electrons. The molecule has 2 aromatic rings. The topological polar surface area (TPSA) is 25.8 Å². The molecule has 1 heterocycles. The van der Waals surface area contributed by atoms with Gasteiger partial charge in [0.05, 0.1) is 5.69 Å². The molecule has 0 bridgehead atoms. The van der Waals surface area contributed by atoms with Crippen molar-refractivity contribution in [1.29, 1.82) is 0 Å². The first-order chi connectivity index (χ1) is 8.63. The summed E-state index contributed by atoms with van der Waals surface area (Å²) in [5.74, 6) is 0. The summed E-state index contributed by atoms with van der Waals surface area (Å²) in [6, 6.07) is 8.49. The number of nitrogens with zero attached hydrogens (tertiary/aromatic N) is 2. The second-order valence-electron chi connectivity index (χ2n) is 4.54. The maximum Gasteiger partial charge on any atom is 0.154 e. The molecule has 0 amide bonds. The minimum absolute atomic E-state index is 0.487. The largest absolute Gasteiger partial charge is 0.154 e. The molecule has 94 valence electrons. The Kier molecular flexibility index (Phi) is 3.97. The van der Waals surface area contributed by atoms with E-state index in [1.807, 2.05) is 13.8 Å². The van der Waals surface area contributed by atoms with Crippen molar-refractivity contribution in [2.24, 2.45) is 0 Å². The summed E-state index contributed by atoms with van der Waals surface area (Å²) in [6.07, 6.45) is 2.24. The van der Waals surface area contributed by atoms with Gasteiger partial charge in [0.2, 0.25) is 0 Å². The monoisotopic (exact) mass is 260 g/mol. The normalized spacial score (nSPS) is 10.7. The van der Waals surface area contributed by atoms with Gasteiger partial charge in [0.1, 0.15) is 0 Å². The van der Waals surface area contributed by atoms with Gasteiger partial charge in [-0.05, 0) is 43.0 Å². The molecule has 0 spiro atoms. The van der Waals surface area contributed by atoms with Crippen LogP contribution in [-0.2, 0) is 6.42 Å². The molecule has 0 N–H and O–H groups in total. The number of hydrogen-bond donors (Lipinski definition) is 0. The van der Waals surface area contributed by atoms with Crippen LogP contribution in [0.15, 0.2) is 24.3 Å². The Hall–Kier alpha value is -1.41. The summed E-state index contributed by atoms with van der Waals surface area (Å²) in [5, 5.41) is 8.72. The van der Waals surface area contributed by atoms with E-state index in [0.29, 0.717) is 5.15 Å². The van der Waals surface area contributed by atoms with Crippen molar-refractivity contribution in [3.63, 3.8) is 0 Å². The van der Waals surface area contributed by atoms with Gasteiger partial charge in [-0.2, -0.15) is 0 Å². The standard InChI is InChI=1S/C15H17ClN2/c1-4-6-12-7-5-8-13(9-12)14-10(2)11(3)15(16)18-17-14/h5,7-9H,4,6H2,1-3H3. The van der Waals surface area contributed by atoms with Crippen molar-refractivity contribution in [2.75, 3.05) is 0 Å². The lowest BCUT2D eigenvalue weighted by Gasteiger charge is -2.09. The number of benzene rings is 1. The van der Waals surface area contributed by atoms with E-state index in [1.54, 1.807) is 0 Å². The summed E-state index contributed by atoms with van der Waals surface area (Å²) in [6.45, 7) is 6.20. The molecule has 1 aromatic heterocycles. The second kappa shape index (κ2) is 5.49. The van der Waals surface area contributed by atoms with Crippen LogP contribution in [0.25, 0.3) is 11.3 Å². The van der Waals surface area contributed by atoms with Crippen LogP contribution >= 0.6 is 11.6 Å². The zero-order valence-corrected chi connectivity index (χ0v) is 11.8. The van der Waals surface area contributed by atoms with E-state index < -0.39 is 0 Å². The number of rotatable bonds is 3. The lowest BCUT2D eigenvalue weighted by Crippen LogP contribution is -1.97. The fourth-order valence-corrected chi connectivity index (χ4v) is 2.19. The third-order valence-corrected chi connectivity index (χ3v) is 3.56. The minimum Gasteiger partial charge on any atom is -0.149 e. The van der Waals surface area contributed by atoms with E-state index in [-0.39, 0.29) is 0 Å². The Bertz CT molecular complexity index is 564. The van der Waals surface area contributed by atoms with Crippen LogP contribution in [0.2, 0.25) is 5.15 Å². The van der Waals surface area contributed by atoms with Crippen LogP contribution in [0.5, 0.6) is 0 Å². The van der Waals surface area contributed by atoms with Gasteiger partial charge in [0, 0.05) is 5.56 Å². The molecule has 2 rings (SSSR count). The van der Waals surface area contributed by atoms with E-state index in [0.717, 1.165) is 35.2 Å². The Morgan fingerprint density at radius 3 is 2.61 bits per heavy atom. The maximum atomic E-state index is 5.98. The van der Waals surface area contributed by atoms with Crippen molar-refractivity contribution in [3.05, 3.63) is 46.1 Å². The summed E-state index contributed by atoms with van der Waals surface area (Å²) < 4.78 is 0. The van der Waals surface area contributed by atoms with Gasteiger partial charge in [-0.3, -0.25) is 0 Å². The van der Waals surface area contributed by atoms with Crippen molar-refractivity contribution in [1.82, 2.24) is 10.2 Å². The van der Waals surface area contributed by atoms with Gasteiger partial charge in [-0.1, -0.05) is 43.1 Å². The molecule has 0 fully saturated rings. The summed E-state index contributed by atoms with van der Waals surface area (Å²) in [4.78, 5) is 0. The number of halogens is 1. The first-order valence-electron chi connectivity index (χ1n) is 6.22. The summed E-state index contributed by atoms with van der Waals surface area (Å²) >= 11 is 5.98. The highest BCUT2D eigenvalue weighted by atomic mass is 35.5. The minimum atomic E-state index is 0.487. The highest BCUT2D eigenvalue weighted by Gasteiger charge is 2.10. The fraction of sp³-hybridized carbons (Fsp3) is 0.333. The molecule has 0 aliphatic carbocycles. The van der Waals surface area contributed by atoms with Gasteiger partial charge in [0.25, 0.3) is 0 Å². The first-order valence-corrected chi connectivity index (χ1v) is 6.60. The summed E-state index contributed by atoms with van der Waals surface area (Å²) in [5.41, 5.74) is 5.48. The van der Waals surface area contributed by atoms with Crippen LogP contribution in [0, 0.1) is 13.8 Å². The van der Waals surface area contributed by atoms with Gasteiger partial charge in [-0.15, -0.1) is 10.2 Å². The SMILES string of the molecule is CCCc1cccc(-c2nnc(Cl)c(C)c2C)c1. The smallest absolute Gasteiger partial charge is 0.149 e. The van der Waals surface area contributed by atoms with E-state index >= 15 is 0 Å². The molecule has 1 aromatic carbocycles. The molecular formula is C15H17ClN2. The van der Waals surface area contributed by atoms with E-state index in [9.17, 15) is 0 Å². The highest BCUT2D eigenvalue weighted by Crippen LogP contribution is 2.26. The average Bonchev–Trinajstić information content (AvgIpc) is 2.37. The molecule has 0 saturated heterocycles. The molecule has 18 heavy (non-hydrogen) atoms. The molecule has 0 saturated carbocycles. The predicted molar refractivity (Wildman–Crippen MR) is 75.9 cm³/mol. The van der Waals surface area contributed by atoms with Gasteiger partial charge in [-0.25, -0.2) is 0 Å². The van der Waals surface area contributed by atoms with Gasteiger partial charge in [0.15, 0.2) is 5.15 Å². The van der Waals surface area contributed by atoms with Crippen molar-refractivity contribution >= 4 is 11.6 Å². The van der Waals surface area contributed by atoms with Crippen molar-refractivity contribution in [2.45, 2.75) is 33.6 Å². The predicted octanol–water partition coefficient (Wildman–Crippen LogP) is 4.37. The Morgan fingerprint density at radius 1 is 1.11 bits per heavy atom. The average molecular weight is 261 g/mol. The van der Waals surface area contributed by atoms with Crippen LogP contribution in [0.3, 0.4) is 0 Å². The zero-order chi connectivity index (χ0) is 13.1. The van der Waals surface area contributed by atoms with E-state index in [4.69, 9.17) is 11.6 Å². The number of aromatic nitrogens is 2. The molecule has 0 atom stereocenters. The molecule has 3 heteroatoms. The Labute approximate surface area is 113 Å². The Balaban J connectivity index is 2.48. The highest BCUT2D eigenvalue weighted by molar-refractivity contribution is 6.30. The third kappa shape index (κ3) is 2.54. The van der Waals surface area contributed by atoms with Crippen LogP contribution in [0.1, 0.15) is 30.0 Å². The first kappa shape index (κ1) is 13.0. The molecule has 0 aliphatic heterocycles. The molecular weight excluding hydrogens is 244 g/mol.